The second-order valence-electron chi connectivity index (χ2n) is 9.08. The van der Waals surface area contributed by atoms with E-state index in [1.807, 2.05) is 11.0 Å². The Bertz CT molecular complexity index is 882. The third-order valence-corrected chi connectivity index (χ3v) is 7.35. The van der Waals surface area contributed by atoms with Gasteiger partial charge < -0.3 is 29.5 Å². The minimum absolute atomic E-state index is 0.0147. The van der Waals surface area contributed by atoms with Crippen LogP contribution in [0.5, 0.6) is 5.75 Å². The number of benzene rings is 1. The average Bonchev–Trinajstić information content (AvgIpc) is 2.84. The normalized spacial score (nSPS) is 27.8. The molecule has 0 radical (unpaired) electrons. The van der Waals surface area contributed by atoms with Crippen molar-refractivity contribution in [3.05, 3.63) is 29.3 Å². The molecule has 0 bridgehead atoms. The number of nitrogens with one attached hydrogen (secondary N) is 1. The number of hydrogen-bond acceptors (Lipinski definition) is 6. The molecule has 9 nitrogen and oxygen atoms in total. The lowest BCUT2D eigenvalue weighted by atomic mass is 9.78. The highest BCUT2D eigenvalue weighted by atomic mass is 16.5. The van der Waals surface area contributed by atoms with E-state index in [0.29, 0.717) is 26.1 Å². The molecule has 1 aromatic carbocycles. The van der Waals surface area contributed by atoms with Gasteiger partial charge in [0.2, 0.25) is 11.8 Å². The highest BCUT2D eigenvalue weighted by molar-refractivity contribution is 5.80. The van der Waals surface area contributed by atoms with Gasteiger partial charge in [0.05, 0.1) is 31.5 Å². The largest absolute Gasteiger partial charge is 0.497 e. The van der Waals surface area contributed by atoms with Gasteiger partial charge in [-0.05, 0) is 61.8 Å². The molecule has 2 saturated heterocycles. The third-order valence-electron chi connectivity index (χ3n) is 7.35. The lowest BCUT2D eigenvalue weighted by Gasteiger charge is -2.46. The van der Waals surface area contributed by atoms with E-state index in [1.165, 1.54) is 11.1 Å². The molecule has 3 atom stereocenters. The summed E-state index contributed by atoms with van der Waals surface area (Å²) in [5.41, 5.74) is 2.27. The van der Waals surface area contributed by atoms with E-state index in [0.717, 1.165) is 37.9 Å². The van der Waals surface area contributed by atoms with Crippen molar-refractivity contribution in [1.82, 2.24) is 10.2 Å². The van der Waals surface area contributed by atoms with Gasteiger partial charge in [-0.25, -0.2) is 0 Å². The second kappa shape index (κ2) is 10.1. The van der Waals surface area contributed by atoms with Crippen LogP contribution in [0.15, 0.2) is 18.2 Å². The van der Waals surface area contributed by atoms with Crippen LogP contribution in [0.25, 0.3) is 0 Å². The van der Waals surface area contributed by atoms with Gasteiger partial charge in [-0.15, -0.1) is 0 Å². The van der Waals surface area contributed by atoms with Gasteiger partial charge in [0.25, 0.3) is 6.47 Å². The zero-order valence-corrected chi connectivity index (χ0v) is 19.0. The highest BCUT2D eigenvalue weighted by Crippen LogP contribution is 2.43. The Morgan fingerprint density at radius 2 is 2.06 bits per heavy atom. The summed E-state index contributed by atoms with van der Waals surface area (Å²) in [5.74, 6) is 1.05. The van der Waals surface area contributed by atoms with Crippen LogP contribution in [0.4, 0.5) is 0 Å². The number of morpholine rings is 1. The molecule has 180 valence electrons. The molecule has 3 heterocycles. The maximum absolute atomic E-state index is 13.2. The van der Waals surface area contributed by atoms with Crippen LogP contribution in [0.3, 0.4) is 0 Å². The third kappa shape index (κ3) is 4.84. The zero-order valence-electron chi connectivity index (χ0n) is 19.0. The molecule has 1 spiro atoms. The number of piperidine rings is 1. The average molecular weight is 461 g/mol. The zero-order chi connectivity index (χ0) is 23.4. The number of rotatable bonds is 2. The van der Waals surface area contributed by atoms with Gasteiger partial charge in [0.15, 0.2) is 0 Å². The summed E-state index contributed by atoms with van der Waals surface area (Å²) in [4.78, 5) is 35.1. The minimum atomic E-state index is -0.287. The van der Waals surface area contributed by atoms with E-state index in [9.17, 15) is 9.59 Å². The summed E-state index contributed by atoms with van der Waals surface area (Å²) >= 11 is 0. The predicted molar refractivity (Wildman–Crippen MR) is 118 cm³/mol. The summed E-state index contributed by atoms with van der Waals surface area (Å²) in [6, 6.07) is 6.33. The summed E-state index contributed by atoms with van der Waals surface area (Å²) in [6.45, 7) is 2.00. The van der Waals surface area contributed by atoms with Gasteiger partial charge in [0, 0.05) is 19.0 Å². The van der Waals surface area contributed by atoms with Gasteiger partial charge in [-0.3, -0.25) is 14.4 Å². The summed E-state index contributed by atoms with van der Waals surface area (Å²) in [7, 11) is 1.70. The maximum Gasteiger partial charge on any atom is 0.290 e. The van der Waals surface area contributed by atoms with E-state index in [-0.39, 0.29) is 48.6 Å². The Morgan fingerprint density at radius 1 is 1.30 bits per heavy atom. The lowest BCUT2D eigenvalue weighted by Crippen LogP contribution is -2.56. The molecule has 2 N–H and O–H groups in total. The number of carbonyl (C=O) groups is 3. The van der Waals surface area contributed by atoms with Crippen molar-refractivity contribution in [2.75, 3.05) is 33.4 Å². The van der Waals surface area contributed by atoms with E-state index in [2.05, 4.69) is 17.4 Å². The fourth-order valence-corrected chi connectivity index (χ4v) is 5.68. The van der Waals surface area contributed by atoms with E-state index in [1.54, 1.807) is 7.11 Å². The van der Waals surface area contributed by atoms with Crippen LogP contribution in [0.1, 0.15) is 43.2 Å². The Morgan fingerprint density at radius 3 is 2.79 bits per heavy atom. The molecule has 33 heavy (non-hydrogen) atoms. The molecule has 0 unspecified atom stereocenters. The SMILES string of the molecule is COc1ccc2c(c1)CCOC21CCN(C(=O)[C@H]2CC[C@@H]3NC(=O)CO[C@H]3C2)CC1.O=CO. The summed E-state index contributed by atoms with van der Waals surface area (Å²) < 4.78 is 17.4. The van der Waals surface area contributed by atoms with Gasteiger partial charge >= 0.3 is 0 Å². The van der Waals surface area contributed by atoms with Crippen molar-refractivity contribution in [1.29, 1.82) is 0 Å². The first-order valence-electron chi connectivity index (χ1n) is 11.6. The molecule has 0 aromatic heterocycles. The van der Waals surface area contributed by atoms with E-state index < -0.39 is 0 Å². The molecule has 1 aliphatic carbocycles. The van der Waals surface area contributed by atoms with Crippen molar-refractivity contribution in [3.8, 4) is 5.75 Å². The number of carbonyl (C=O) groups excluding carboxylic acids is 2. The van der Waals surface area contributed by atoms with Crippen LogP contribution in [-0.4, -0.2) is 73.9 Å². The number of methoxy groups -OCH3 is 1. The van der Waals surface area contributed by atoms with Crippen LogP contribution < -0.4 is 10.1 Å². The van der Waals surface area contributed by atoms with E-state index >= 15 is 0 Å². The first-order chi connectivity index (χ1) is 16.0. The van der Waals surface area contributed by atoms with Gasteiger partial charge in [-0.2, -0.15) is 0 Å². The number of likely N-dealkylation sites (tertiary alicyclic amines) is 1. The molecule has 3 aliphatic heterocycles. The number of hydrogen-bond donors (Lipinski definition) is 2. The molecule has 4 aliphatic rings. The van der Waals surface area contributed by atoms with Crippen LogP contribution >= 0.6 is 0 Å². The molecular formula is C24H32N2O7. The standard InChI is InChI=1S/C23H30N2O5.CH2O2/c1-28-17-3-4-18-15(12-17)6-11-30-23(18)7-9-25(10-8-23)22(27)16-2-5-19-20(13-16)29-14-21(26)24-19;2-1-3/h3-4,12,16,19-20H,2,5-11,13-14H2,1H3,(H,24,26);1H,(H,2,3)/t16-,19-,20-;/m0./s1. The predicted octanol–water partition coefficient (Wildman–Crippen LogP) is 1.47. The molecule has 3 fully saturated rings. The van der Waals surface area contributed by atoms with Crippen molar-refractivity contribution in [3.63, 3.8) is 0 Å². The van der Waals surface area contributed by atoms with Crippen LogP contribution in [0.2, 0.25) is 0 Å². The number of amides is 2. The highest BCUT2D eigenvalue weighted by Gasteiger charge is 2.44. The topological polar surface area (TPSA) is 114 Å². The molecule has 2 amide bonds. The molecular weight excluding hydrogens is 428 g/mol. The minimum Gasteiger partial charge on any atom is -0.497 e. The molecule has 1 saturated carbocycles. The Balaban J connectivity index is 0.000000821. The molecule has 1 aromatic rings. The Kier molecular flexibility index (Phi) is 7.19. The second-order valence-corrected chi connectivity index (χ2v) is 9.08. The number of ether oxygens (including phenoxy) is 3. The number of carboxylic acid groups (broad SMARTS) is 1. The monoisotopic (exact) mass is 460 g/mol. The van der Waals surface area contributed by atoms with Gasteiger partial charge in [-0.1, -0.05) is 6.07 Å². The van der Waals surface area contributed by atoms with Crippen molar-refractivity contribution < 1.29 is 33.7 Å². The van der Waals surface area contributed by atoms with Gasteiger partial charge in [0.1, 0.15) is 12.4 Å². The Labute approximate surface area is 193 Å². The first-order valence-corrected chi connectivity index (χ1v) is 11.6. The van der Waals surface area contributed by atoms with Crippen LogP contribution in [0, 0.1) is 5.92 Å². The maximum atomic E-state index is 13.2. The quantitative estimate of drug-likeness (QED) is 0.643. The Hall–Kier alpha value is -2.65. The summed E-state index contributed by atoms with van der Waals surface area (Å²) in [6.07, 6.45) is 4.83. The molecule has 9 heteroatoms. The fraction of sp³-hybridized carbons (Fsp3) is 0.625. The van der Waals surface area contributed by atoms with Crippen molar-refractivity contribution in [2.45, 2.75) is 56.3 Å². The lowest BCUT2D eigenvalue weighted by molar-refractivity contribution is -0.151. The first kappa shape index (κ1) is 23.5. The van der Waals surface area contributed by atoms with E-state index in [4.69, 9.17) is 24.1 Å². The summed E-state index contributed by atoms with van der Waals surface area (Å²) in [5, 5.41) is 9.89. The van der Waals surface area contributed by atoms with Crippen molar-refractivity contribution in [2.24, 2.45) is 5.92 Å². The smallest absolute Gasteiger partial charge is 0.290 e. The number of nitrogens with zero attached hydrogens (tertiary/aromatic N) is 1. The molecule has 5 rings (SSSR count). The number of fused-ring (bicyclic) bond motifs is 3. The van der Waals surface area contributed by atoms with Crippen molar-refractivity contribution >= 4 is 18.3 Å². The fourth-order valence-electron chi connectivity index (χ4n) is 5.68. The van der Waals surface area contributed by atoms with Crippen LogP contribution in [-0.2, 0) is 35.9 Å².